The number of para-hydroxylation sites is 1. The summed E-state index contributed by atoms with van der Waals surface area (Å²) in [5.74, 6) is -0.419. The van der Waals surface area contributed by atoms with Crippen LogP contribution >= 0.6 is 0 Å². The van der Waals surface area contributed by atoms with E-state index in [2.05, 4.69) is 59.4 Å². The van der Waals surface area contributed by atoms with Gasteiger partial charge in [0.25, 0.3) is 0 Å². The molecule has 0 aliphatic carbocycles. The van der Waals surface area contributed by atoms with E-state index in [1.54, 1.807) is 12.1 Å². The molecule has 0 spiro atoms. The molecule has 3 nitrogen and oxygen atoms in total. The second-order valence-corrected chi connectivity index (χ2v) is 8.37. The number of carbonyl (C=O) groups excluding carboxylic acids is 1. The molecule has 0 saturated carbocycles. The van der Waals surface area contributed by atoms with Gasteiger partial charge in [-0.2, -0.15) is 0 Å². The van der Waals surface area contributed by atoms with Crippen molar-refractivity contribution in [2.75, 3.05) is 6.54 Å². The van der Waals surface area contributed by atoms with Crippen LogP contribution in [0.5, 0.6) is 0 Å². The molecule has 0 aliphatic rings. The van der Waals surface area contributed by atoms with E-state index in [0.717, 1.165) is 35.0 Å². The minimum Gasteiger partial charge on any atom is -0.356 e. The Kier molecular flexibility index (Phi) is 6.69. The molecule has 1 aromatic heterocycles. The molecular weight excluding hydrogens is 399 g/mol. The standard InChI is InChI=1S/C28H29FN2O/c1-3-16-30-28(32)17-25(22-12-14-23(29)15-13-22)26-19-31(27-7-5-4-6-24(26)27)18-21-10-8-20(2)9-11-21/h4-15,19,25H,3,16-18H2,1-2H3,(H,30,32). The van der Waals surface area contributed by atoms with Crippen LogP contribution in [0.1, 0.15) is 47.9 Å². The van der Waals surface area contributed by atoms with Gasteiger partial charge in [-0.15, -0.1) is 0 Å². The number of amides is 1. The number of aromatic nitrogens is 1. The molecule has 1 N–H and O–H groups in total. The monoisotopic (exact) mass is 428 g/mol. The number of fused-ring (bicyclic) bond motifs is 1. The van der Waals surface area contributed by atoms with Crippen molar-refractivity contribution in [2.24, 2.45) is 0 Å². The Balaban J connectivity index is 1.76. The largest absolute Gasteiger partial charge is 0.356 e. The average molecular weight is 429 g/mol. The lowest BCUT2D eigenvalue weighted by molar-refractivity contribution is -0.121. The van der Waals surface area contributed by atoms with Crippen molar-refractivity contribution in [3.8, 4) is 0 Å². The predicted octanol–water partition coefficient (Wildman–Crippen LogP) is 6.19. The van der Waals surface area contributed by atoms with Gasteiger partial charge in [-0.3, -0.25) is 4.79 Å². The van der Waals surface area contributed by atoms with Gasteiger partial charge in [-0.25, -0.2) is 4.39 Å². The van der Waals surface area contributed by atoms with Gasteiger partial charge in [-0.1, -0.05) is 67.1 Å². The Morgan fingerprint density at radius 1 is 1.00 bits per heavy atom. The second kappa shape index (κ2) is 9.82. The molecule has 1 amide bonds. The molecule has 1 atom stereocenters. The van der Waals surface area contributed by atoms with Crippen LogP contribution in [0.25, 0.3) is 10.9 Å². The van der Waals surface area contributed by atoms with Crippen molar-refractivity contribution in [2.45, 2.75) is 39.2 Å². The van der Waals surface area contributed by atoms with Crippen LogP contribution in [0.15, 0.2) is 79.0 Å². The molecule has 4 aromatic rings. The molecule has 0 saturated heterocycles. The van der Waals surface area contributed by atoms with Crippen LogP contribution < -0.4 is 5.32 Å². The van der Waals surface area contributed by atoms with Crippen LogP contribution in [-0.4, -0.2) is 17.0 Å². The molecule has 4 rings (SSSR count). The average Bonchev–Trinajstić information content (AvgIpc) is 3.16. The number of aryl methyl sites for hydroxylation is 1. The van der Waals surface area contributed by atoms with Crippen LogP contribution in [0.4, 0.5) is 4.39 Å². The van der Waals surface area contributed by atoms with Crippen molar-refractivity contribution in [3.05, 3.63) is 107 Å². The van der Waals surface area contributed by atoms with E-state index in [1.165, 1.54) is 23.3 Å². The predicted molar refractivity (Wildman–Crippen MR) is 128 cm³/mol. The molecule has 0 bridgehead atoms. The van der Waals surface area contributed by atoms with E-state index in [-0.39, 0.29) is 17.6 Å². The summed E-state index contributed by atoms with van der Waals surface area (Å²) in [6.07, 6.45) is 3.37. The maximum atomic E-state index is 13.6. The summed E-state index contributed by atoms with van der Waals surface area (Å²) in [6, 6.07) is 23.4. The molecule has 0 aliphatic heterocycles. The zero-order valence-corrected chi connectivity index (χ0v) is 18.6. The number of nitrogens with zero attached hydrogens (tertiary/aromatic N) is 1. The van der Waals surface area contributed by atoms with E-state index in [0.29, 0.717) is 13.0 Å². The van der Waals surface area contributed by atoms with Gasteiger partial charge in [-0.05, 0) is 48.2 Å². The van der Waals surface area contributed by atoms with Gasteiger partial charge in [0.05, 0.1) is 0 Å². The molecule has 0 fully saturated rings. The first-order valence-electron chi connectivity index (χ1n) is 11.2. The minimum absolute atomic E-state index is 0.0107. The van der Waals surface area contributed by atoms with Gasteiger partial charge in [0.2, 0.25) is 5.91 Å². The van der Waals surface area contributed by atoms with Crippen molar-refractivity contribution >= 4 is 16.8 Å². The maximum Gasteiger partial charge on any atom is 0.220 e. The highest BCUT2D eigenvalue weighted by Gasteiger charge is 2.23. The Bertz CT molecular complexity index is 1190. The van der Waals surface area contributed by atoms with Crippen LogP contribution in [0.3, 0.4) is 0 Å². The van der Waals surface area contributed by atoms with E-state index in [4.69, 9.17) is 0 Å². The summed E-state index contributed by atoms with van der Waals surface area (Å²) in [7, 11) is 0. The third kappa shape index (κ3) is 4.91. The molecular formula is C28H29FN2O. The van der Waals surface area contributed by atoms with Crippen LogP contribution in [0.2, 0.25) is 0 Å². The topological polar surface area (TPSA) is 34.0 Å². The van der Waals surface area contributed by atoms with Gasteiger partial charge in [0.1, 0.15) is 5.82 Å². The van der Waals surface area contributed by atoms with E-state index < -0.39 is 0 Å². The second-order valence-electron chi connectivity index (χ2n) is 8.37. The number of hydrogen-bond donors (Lipinski definition) is 1. The highest BCUT2D eigenvalue weighted by molar-refractivity contribution is 5.86. The van der Waals surface area contributed by atoms with Gasteiger partial charge < -0.3 is 9.88 Å². The fraction of sp³-hybridized carbons (Fsp3) is 0.250. The summed E-state index contributed by atoms with van der Waals surface area (Å²) < 4.78 is 15.9. The normalized spacial score (nSPS) is 12.1. The van der Waals surface area contributed by atoms with E-state index in [9.17, 15) is 9.18 Å². The molecule has 3 aromatic carbocycles. The zero-order chi connectivity index (χ0) is 22.5. The molecule has 164 valence electrons. The first-order chi connectivity index (χ1) is 15.5. The van der Waals surface area contributed by atoms with E-state index in [1.807, 2.05) is 19.1 Å². The lowest BCUT2D eigenvalue weighted by Crippen LogP contribution is -2.26. The Hall–Kier alpha value is -3.40. The molecule has 0 radical (unpaired) electrons. The van der Waals surface area contributed by atoms with Crippen molar-refractivity contribution < 1.29 is 9.18 Å². The summed E-state index contributed by atoms with van der Waals surface area (Å²) in [4.78, 5) is 12.7. The highest BCUT2D eigenvalue weighted by Crippen LogP contribution is 2.35. The van der Waals surface area contributed by atoms with E-state index >= 15 is 0 Å². The molecule has 1 unspecified atom stereocenters. The lowest BCUT2D eigenvalue weighted by atomic mass is 9.88. The number of carbonyl (C=O) groups is 1. The number of nitrogens with one attached hydrogen (secondary N) is 1. The van der Waals surface area contributed by atoms with Crippen LogP contribution in [-0.2, 0) is 11.3 Å². The molecule has 4 heteroatoms. The van der Waals surface area contributed by atoms with Gasteiger partial charge >= 0.3 is 0 Å². The fourth-order valence-corrected chi connectivity index (χ4v) is 4.20. The van der Waals surface area contributed by atoms with Crippen LogP contribution in [0, 0.1) is 12.7 Å². The first kappa shape index (κ1) is 21.8. The molecule has 32 heavy (non-hydrogen) atoms. The van der Waals surface area contributed by atoms with Crippen molar-refractivity contribution in [3.63, 3.8) is 0 Å². The first-order valence-corrected chi connectivity index (χ1v) is 11.2. The highest BCUT2D eigenvalue weighted by atomic mass is 19.1. The summed E-state index contributed by atoms with van der Waals surface area (Å²) in [5, 5.41) is 4.12. The zero-order valence-electron chi connectivity index (χ0n) is 18.6. The SMILES string of the molecule is CCCNC(=O)CC(c1ccc(F)cc1)c1cn(Cc2ccc(C)cc2)c2ccccc12. The van der Waals surface area contributed by atoms with Crippen molar-refractivity contribution in [1.29, 1.82) is 0 Å². The number of benzene rings is 3. The minimum atomic E-state index is -0.273. The third-order valence-electron chi connectivity index (χ3n) is 5.90. The maximum absolute atomic E-state index is 13.6. The summed E-state index contributed by atoms with van der Waals surface area (Å²) in [5.41, 5.74) is 5.62. The Morgan fingerprint density at radius 2 is 1.72 bits per heavy atom. The summed E-state index contributed by atoms with van der Waals surface area (Å²) in [6.45, 7) is 5.53. The number of rotatable bonds is 8. The van der Waals surface area contributed by atoms with Crippen molar-refractivity contribution in [1.82, 2.24) is 9.88 Å². The third-order valence-corrected chi connectivity index (χ3v) is 5.90. The lowest BCUT2D eigenvalue weighted by Gasteiger charge is -2.17. The Labute approximate surface area is 188 Å². The van der Waals surface area contributed by atoms with Gasteiger partial charge in [0, 0.05) is 42.5 Å². The molecule has 1 heterocycles. The number of halogens is 1. The number of hydrogen-bond acceptors (Lipinski definition) is 1. The quantitative estimate of drug-likeness (QED) is 0.357. The van der Waals surface area contributed by atoms with Gasteiger partial charge in [0.15, 0.2) is 0 Å². The summed E-state index contributed by atoms with van der Waals surface area (Å²) >= 11 is 0. The Morgan fingerprint density at radius 3 is 2.44 bits per heavy atom. The fourth-order valence-electron chi connectivity index (χ4n) is 4.20. The smallest absolute Gasteiger partial charge is 0.220 e.